The monoisotopic (exact) mass is 365 g/mol. The first-order chi connectivity index (χ1) is 11.7. The van der Waals surface area contributed by atoms with Gasteiger partial charge in [0.25, 0.3) is 10.0 Å². The Kier molecular flexibility index (Phi) is 4.20. The van der Waals surface area contributed by atoms with Crippen molar-refractivity contribution < 1.29 is 21.6 Å². The molecule has 2 aromatic carbocycles. The lowest BCUT2D eigenvalue weighted by Crippen LogP contribution is -2.13. The number of hydrogen-bond donors (Lipinski definition) is 0. The van der Waals surface area contributed by atoms with E-state index in [9.17, 15) is 21.6 Å². The highest BCUT2D eigenvalue weighted by Gasteiger charge is 2.35. The van der Waals surface area contributed by atoms with E-state index in [2.05, 4.69) is 0 Å². The van der Waals surface area contributed by atoms with Gasteiger partial charge in [-0.15, -0.1) is 0 Å². The van der Waals surface area contributed by atoms with Crippen LogP contribution in [0.4, 0.5) is 13.2 Å². The Hall–Kier alpha value is -2.54. The third-order valence-corrected chi connectivity index (χ3v) is 5.45. The summed E-state index contributed by atoms with van der Waals surface area (Å²) in [7, 11) is -4.16. The van der Waals surface area contributed by atoms with E-state index in [1.54, 1.807) is 49.4 Å². The van der Waals surface area contributed by atoms with Crippen molar-refractivity contribution in [3.63, 3.8) is 0 Å². The summed E-state index contributed by atoms with van der Waals surface area (Å²) in [6.07, 6.45) is -4.02. The molecule has 0 aliphatic carbocycles. The number of aryl methyl sites for hydroxylation is 1. The van der Waals surface area contributed by atoms with Gasteiger partial charge in [-0.05, 0) is 30.7 Å². The van der Waals surface area contributed by atoms with Crippen molar-refractivity contribution in [1.82, 2.24) is 3.97 Å². The van der Waals surface area contributed by atoms with E-state index in [1.807, 2.05) is 0 Å². The fourth-order valence-electron chi connectivity index (χ4n) is 2.44. The Labute approximate surface area is 143 Å². The highest BCUT2D eigenvalue weighted by atomic mass is 32.2. The Morgan fingerprint density at radius 2 is 1.52 bits per heavy atom. The van der Waals surface area contributed by atoms with E-state index < -0.39 is 21.8 Å². The van der Waals surface area contributed by atoms with Crippen molar-refractivity contribution in [2.75, 3.05) is 0 Å². The van der Waals surface area contributed by atoms with Crippen LogP contribution < -0.4 is 0 Å². The van der Waals surface area contributed by atoms with Gasteiger partial charge in [-0.2, -0.15) is 13.2 Å². The van der Waals surface area contributed by atoms with Gasteiger partial charge in [0.15, 0.2) is 0 Å². The van der Waals surface area contributed by atoms with Crippen molar-refractivity contribution in [1.29, 1.82) is 0 Å². The zero-order chi connectivity index (χ0) is 18.2. The summed E-state index contributed by atoms with van der Waals surface area (Å²) in [6, 6.07) is 14.9. The average Bonchev–Trinajstić information content (AvgIpc) is 3.02. The molecule has 0 amide bonds. The number of hydrogen-bond acceptors (Lipinski definition) is 2. The molecule has 0 saturated heterocycles. The van der Waals surface area contributed by atoms with Crippen LogP contribution in [-0.2, 0) is 16.2 Å². The lowest BCUT2D eigenvalue weighted by molar-refractivity contribution is -0.137. The normalized spacial score (nSPS) is 12.3. The third-order valence-electron chi connectivity index (χ3n) is 3.76. The summed E-state index contributed by atoms with van der Waals surface area (Å²) in [5, 5.41) is 0. The molecule has 3 nitrogen and oxygen atoms in total. The maximum Gasteiger partial charge on any atom is 0.417 e. The molecule has 1 heterocycles. The maximum absolute atomic E-state index is 13.1. The second-order valence-corrected chi connectivity index (χ2v) is 7.41. The number of benzene rings is 2. The van der Waals surface area contributed by atoms with Gasteiger partial charge in [0.2, 0.25) is 0 Å². The van der Waals surface area contributed by atoms with Gasteiger partial charge < -0.3 is 0 Å². The molecule has 1 aromatic heterocycles. The topological polar surface area (TPSA) is 39.1 Å². The van der Waals surface area contributed by atoms with Gasteiger partial charge in [-0.25, -0.2) is 12.4 Å². The number of halogens is 3. The Morgan fingerprint density at radius 1 is 0.920 bits per heavy atom. The van der Waals surface area contributed by atoms with Crippen LogP contribution in [-0.4, -0.2) is 12.4 Å². The Bertz CT molecular complexity index is 989. The molecular formula is C18H14F3NO2S. The summed E-state index contributed by atoms with van der Waals surface area (Å²) in [5.74, 6) is 0. The van der Waals surface area contributed by atoms with E-state index in [4.69, 9.17) is 0 Å². The van der Waals surface area contributed by atoms with E-state index in [1.165, 1.54) is 12.1 Å². The second kappa shape index (κ2) is 6.07. The second-order valence-electron chi connectivity index (χ2n) is 5.59. The summed E-state index contributed by atoms with van der Waals surface area (Å²) in [6.45, 7) is 1.79. The van der Waals surface area contributed by atoms with E-state index in [0.29, 0.717) is 15.7 Å². The first kappa shape index (κ1) is 17.3. The highest BCUT2D eigenvalue weighted by Crippen LogP contribution is 2.35. The van der Waals surface area contributed by atoms with Crippen molar-refractivity contribution in [3.05, 3.63) is 78.0 Å². The van der Waals surface area contributed by atoms with Crippen LogP contribution in [0.3, 0.4) is 0 Å². The van der Waals surface area contributed by atoms with Gasteiger partial charge in [-0.3, -0.25) is 0 Å². The minimum atomic E-state index is -4.64. The molecule has 0 aliphatic rings. The molecule has 0 bridgehead atoms. The summed E-state index contributed by atoms with van der Waals surface area (Å²) < 4.78 is 65.8. The predicted molar refractivity (Wildman–Crippen MR) is 88.6 cm³/mol. The lowest BCUT2D eigenvalue weighted by atomic mass is 10.1. The minimum absolute atomic E-state index is 0.0338. The largest absolute Gasteiger partial charge is 0.417 e. The summed E-state index contributed by atoms with van der Waals surface area (Å²) >= 11 is 0. The average molecular weight is 365 g/mol. The molecular weight excluding hydrogens is 351 g/mol. The van der Waals surface area contributed by atoms with Crippen molar-refractivity contribution in [2.45, 2.75) is 18.0 Å². The molecule has 0 N–H and O–H groups in total. The molecule has 0 atom stereocenters. The van der Waals surface area contributed by atoms with Crippen LogP contribution in [0.2, 0.25) is 0 Å². The standard InChI is InChI=1S/C18H14F3NO2S/c1-13-7-9-16(10-8-13)25(23,24)22-12-15(18(19,20)21)11-17(22)14-5-3-2-4-6-14/h2-12H,1H3. The Balaban J connectivity index is 2.24. The smallest absolute Gasteiger partial charge is 0.241 e. The van der Waals surface area contributed by atoms with Gasteiger partial charge >= 0.3 is 6.18 Å². The number of nitrogens with zero attached hydrogens (tertiary/aromatic N) is 1. The number of alkyl halides is 3. The predicted octanol–water partition coefficient (Wildman–Crippen LogP) is 4.72. The van der Waals surface area contributed by atoms with Crippen LogP contribution in [0.5, 0.6) is 0 Å². The Morgan fingerprint density at radius 3 is 2.08 bits per heavy atom. The van der Waals surface area contributed by atoms with Gasteiger partial charge in [0.05, 0.1) is 16.2 Å². The van der Waals surface area contributed by atoms with Crippen LogP contribution in [0.1, 0.15) is 11.1 Å². The SMILES string of the molecule is Cc1ccc(S(=O)(=O)n2cc(C(F)(F)F)cc2-c2ccccc2)cc1. The zero-order valence-corrected chi connectivity index (χ0v) is 14.0. The van der Waals surface area contributed by atoms with Crippen molar-refractivity contribution >= 4 is 10.0 Å². The molecule has 3 aromatic rings. The molecule has 3 rings (SSSR count). The van der Waals surface area contributed by atoms with Gasteiger partial charge in [0.1, 0.15) is 0 Å². The molecule has 0 radical (unpaired) electrons. The fourth-order valence-corrected chi connectivity index (χ4v) is 3.82. The minimum Gasteiger partial charge on any atom is -0.241 e. The number of rotatable bonds is 3. The first-order valence-electron chi connectivity index (χ1n) is 7.37. The molecule has 130 valence electrons. The molecule has 0 unspecified atom stereocenters. The number of aromatic nitrogens is 1. The molecule has 0 spiro atoms. The lowest BCUT2D eigenvalue weighted by Gasteiger charge is -2.11. The first-order valence-corrected chi connectivity index (χ1v) is 8.81. The van der Waals surface area contributed by atoms with Crippen molar-refractivity contribution in [2.24, 2.45) is 0 Å². The van der Waals surface area contributed by atoms with E-state index in [-0.39, 0.29) is 10.6 Å². The molecule has 0 saturated carbocycles. The summed E-state index contributed by atoms with van der Waals surface area (Å²) in [5.41, 5.74) is 0.190. The van der Waals surface area contributed by atoms with Crippen LogP contribution in [0.25, 0.3) is 11.3 Å². The zero-order valence-electron chi connectivity index (χ0n) is 13.2. The molecule has 0 fully saturated rings. The van der Waals surface area contributed by atoms with Gasteiger partial charge in [0, 0.05) is 6.20 Å². The molecule has 7 heteroatoms. The van der Waals surface area contributed by atoms with Crippen LogP contribution >= 0.6 is 0 Å². The third kappa shape index (κ3) is 3.32. The van der Waals surface area contributed by atoms with E-state index >= 15 is 0 Å². The summed E-state index contributed by atoms with van der Waals surface area (Å²) in [4.78, 5) is -0.0698. The fraction of sp³-hybridized carbons (Fsp3) is 0.111. The maximum atomic E-state index is 13.1. The quantitative estimate of drug-likeness (QED) is 0.674. The highest BCUT2D eigenvalue weighted by molar-refractivity contribution is 7.90. The van der Waals surface area contributed by atoms with E-state index in [0.717, 1.165) is 11.6 Å². The molecule has 0 aliphatic heterocycles. The van der Waals surface area contributed by atoms with Gasteiger partial charge in [-0.1, -0.05) is 48.0 Å². The van der Waals surface area contributed by atoms with Crippen molar-refractivity contribution in [3.8, 4) is 11.3 Å². The van der Waals surface area contributed by atoms with Crippen LogP contribution in [0, 0.1) is 6.92 Å². The van der Waals surface area contributed by atoms with Crippen LogP contribution in [0.15, 0.2) is 71.8 Å². The molecule has 25 heavy (non-hydrogen) atoms.